The Hall–Kier alpha value is -3.05. The highest BCUT2D eigenvalue weighted by molar-refractivity contribution is 5.88. The van der Waals surface area contributed by atoms with E-state index in [2.05, 4.69) is 16.9 Å². The zero-order chi connectivity index (χ0) is 23.6. The Bertz CT molecular complexity index is 1200. The zero-order valence-electron chi connectivity index (χ0n) is 17.8. The van der Waals surface area contributed by atoms with Crippen molar-refractivity contribution in [3.63, 3.8) is 0 Å². The molecule has 33 heavy (non-hydrogen) atoms. The van der Waals surface area contributed by atoms with Crippen LogP contribution in [0.3, 0.4) is 0 Å². The van der Waals surface area contributed by atoms with Crippen LogP contribution in [0.25, 0.3) is 22.2 Å². The van der Waals surface area contributed by atoms with Crippen LogP contribution in [0.2, 0.25) is 0 Å². The fraction of sp³-hybridized carbons (Fsp3) is 0.360. The van der Waals surface area contributed by atoms with Gasteiger partial charge in [-0.2, -0.15) is 13.2 Å². The van der Waals surface area contributed by atoms with Crippen LogP contribution in [0.5, 0.6) is 0 Å². The molecule has 1 saturated heterocycles. The van der Waals surface area contributed by atoms with E-state index in [4.69, 9.17) is 4.74 Å². The summed E-state index contributed by atoms with van der Waals surface area (Å²) in [7, 11) is 0. The average Bonchev–Trinajstić information content (AvgIpc) is 2.78. The van der Waals surface area contributed by atoms with Gasteiger partial charge in [0.05, 0.1) is 11.7 Å². The summed E-state index contributed by atoms with van der Waals surface area (Å²) < 4.78 is 71.6. The van der Waals surface area contributed by atoms with Crippen molar-refractivity contribution >= 4 is 10.8 Å². The topological polar surface area (TPSA) is 35.0 Å². The molecule has 1 aromatic heterocycles. The van der Waals surface area contributed by atoms with Crippen LogP contribution in [0, 0.1) is 29.4 Å². The third-order valence-electron chi connectivity index (χ3n) is 5.67. The Kier molecular flexibility index (Phi) is 6.61. The molecule has 1 aliphatic rings. The number of rotatable bonds is 4. The quantitative estimate of drug-likeness (QED) is 0.342. The van der Waals surface area contributed by atoms with Gasteiger partial charge in [-0.05, 0) is 54.7 Å². The maximum Gasteiger partial charge on any atom is 0.458 e. The second-order valence-corrected chi connectivity index (χ2v) is 8.32. The molecule has 1 aliphatic heterocycles. The molecule has 1 fully saturated rings. The molecule has 3 aromatic rings. The Morgan fingerprint density at radius 1 is 1.09 bits per heavy atom. The summed E-state index contributed by atoms with van der Waals surface area (Å²) in [5.41, 5.74) is 0.586. The molecule has 8 heteroatoms. The second-order valence-electron chi connectivity index (χ2n) is 8.32. The summed E-state index contributed by atoms with van der Waals surface area (Å²) in [6.07, 6.45) is 2.73. The lowest BCUT2D eigenvalue weighted by Crippen LogP contribution is -2.24. The maximum atomic E-state index is 14.6. The number of ether oxygens (including phenoxy) is 1. The Morgan fingerprint density at radius 3 is 2.52 bits per heavy atom. The predicted octanol–water partition coefficient (Wildman–Crippen LogP) is 6.24. The van der Waals surface area contributed by atoms with Crippen molar-refractivity contribution in [2.45, 2.75) is 44.9 Å². The van der Waals surface area contributed by atoms with Crippen molar-refractivity contribution in [1.82, 2.24) is 9.97 Å². The van der Waals surface area contributed by atoms with E-state index >= 15 is 0 Å². The van der Waals surface area contributed by atoms with Gasteiger partial charge in [0.2, 0.25) is 0 Å². The number of aromatic nitrogens is 2. The van der Waals surface area contributed by atoms with Crippen LogP contribution in [-0.2, 0) is 11.2 Å². The number of nitrogens with zero attached hydrogens (tertiary/aromatic N) is 2. The highest BCUT2D eigenvalue weighted by atomic mass is 19.4. The largest absolute Gasteiger partial charge is 0.458 e. The molecule has 0 amide bonds. The second kappa shape index (κ2) is 9.44. The SMILES string of the molecule is CC1CCC(CCc2cnc(-c3ccc4c(F)c(C#CC(F)(F)F)c(F)cc4c3)nc2)OC1. The van der Waals surface area contributed by atoms with Gasteiger partial charge in [0, 0.05) is 35.9 Å². The van der Waals surface area contributed by atoms with Crippen LogP contribution in [0.15, 0.2) is 36.7 Å². The Morgan fingerprint density at radius 2 is 1.85 bits per heavy atom. The summed E-state index contributed by atoms with van der Waals surface area (Å²) in [5.74, 6) is 1.13. The minimum Gasteiger partial charge on any atom is -0.378 e. The molecule has 0 N–H and O–H groups in total. The first-order chi connectivity index (χ1) is 15.7. The van der Waals surface area contributed by atoms with Crippen molar-refractivity contribution in [3.8, 4) is 23.2 Å². The molecule has 0 saturated carbocycles. The molecular formula is C25H21F5N2O. The van der Waals surface area contributed by atoms with Crippen LogP contribution in [0.4, 0.5) is 22.0 Å². The molecule has 0 radical (unpaired) electrons. The fourth-order valence-corrected chi connectivity index (χ4v) is 3.84. The minimum absolute atomic E-state index is 0.0370. The third-order valence-corrected chi connectivity index (χ3v) is 5.67. The maximum absolute atomic E-state index is 14.6. The first-order valence-corrected chi connectivity index (χ1v) is 10.6. The van der Waals surface area contributed by atoms with Gasteiger partial charge in [0.15, 0.2) is 5.82 Å². The standard InChI is InChI=1S/C25H21F5N2O/c1-15-2-5-19(33-14-15)6-3-16-12-31-24(32-13-16)17-4-7-20-18(10-17)11-22(26)21(23(20)27)8-9-25(28,29)30/h4,7,10-13,15,19H,2-3,5-6,14H2,1H3. The van der Waals surface area contributed by atoms with Crippen molar-refractivity contribution in [2.24, 2.45) is 5.92 Å². The lowest BCUT2D eigenvalue weighted by Gasteiger charge is -2.26. The summed E-state index contributed by atoms with van der Waals surface area (Å²) in [4.78, 5) is 8.73. The molecule has 2 atom stereocenters. The van der Waals surface area contributed by atoms with Crippen LogP contribution in [-0.4, -0.2) is 28.9 Å². The molecule has 0 spiro atoms. The summed E-state index contributed by atoms with van der Waals surface area (Å²) in [6, 6.07) is 5.35. The van der Waals surface area contributed by atoms with E-state index in [1.165, 1.54) is 24.6 Å². The molecule has 3 nitrogen and oxygen atoms in total. The monoisotopic (exact) mass is 460 g/mol. The summed E-state index contributed by atoms with van der Waals surface area (Å²) >= 11 is 0. The highest BCUT2D eigenvalue weighted by Crippen LogP contribution is 2.28. The zero-order valence-corrected chi connectivity index (χ0v) is 17.8. The van der Waals surface area contributed by atoms with E-state index < -0.39 is 23.4 Å². The first-order valence-electron chi connectivity index (χ1n) is 10.6. The van der Waals surface area contributed by atoms with E-state index in [1.54, 1.807) is 18.3 Å². The van der Waals surface area contributed by atoms with Crippen molar-refractivity contribution < 1.29 is 26.7 Å². The van der Waals surface area contributed by atoms with Gasteiger partial charge >= 0.3 is 6.18 Å². The number of halogens is 5. The van der Waals surface area contributed by atoms with Gasteiger partial charge < -0.3 is 4.74 Å². The molecule has 2 heterocycles. The number of aryl methyl sites for hydroxylation is 1. The lowest BCUT2D eigenvalue weighted by atomic mass is 9.97. The van der Waals surface area contributed by atoms with Crippen LogP contribution < -0.4 is 0 Å². The number of fused-ring (bicyclic) bond motifs is 1. The number of hydrogen-bond acceptors (Lipinski definition) is 3. The smallest absolute Gasteiger partial charge is 0.378 e. The van der Waals surface area contributed by atoms with Gasteiger partial charge in [-0.3, -0.25) is 0 Å². The van der Waals surface area contributed by atoms with Crippen LogP contribution in [0.1, 0.15) is 37.3 Å². The Labute approximate surface area is 188 Å². The molecule has 0 bridgehead atoms. The molecular weight excluding hydrogens is 439 g/mol. The minimum atomic E-state index is -4.84. The summed E-state index contributed by atoms with van der Waals surface area (Å²) in [5, 5.41) is 0.140. The molecule has 2 unspecified atom stereocenters. The number of alkyl halides is 3. The molecule has 172 valence electrons. The van der Waals surface area contributed by atoms with Crippen molar-refractivity contribution in [1.29, 1.82) is 0 Å². The van der Waals surface area contributed by atoms with Crippen molar-refractivity contribution in [2.75, 3.05) is 6.61 Å². The van der Waals surface area contributed by atoms with E-state index in [0.717, 1.165) is 43.4 Å². The third kappa shape index (κ3) is 5.66. The van der Waals surface area contributed by atoms with E-state index in [9.17, 15) is 22.0 Å². The normalized spacial score (nSPS) is 18.7. The summed E-state index contributed by atoms with van der Waals surface area (Å²) in [6.45, 7) is 2.97. The van der Waals surface area contributed by atoms with Gasteiger partial charge in [-0.1, -0.05) is 25.0 Å². The molecule has 4 rings (SSSR count). The lowest BCUT2D eigenvalue weighted by molar-refractivity contribution is -0.0696. The van der Waals surface area contributed by atoms with E-state index in [-0.39, 0.29) is 16.9 Å². The number of hydrogen-bond donors (Lipinski definition) is 0. The molecule has 0 aliphatic carbocycles. The van der Waals surface area contributed by atoms with Gasteiger partial charge in [-0.15, -0.1) is 0 Å². The van der Waals surface area contributed by atoms with Gasteiger partial charge in [-0.25, -0.2) is 18.7 Å². The number of benzene rings is 2. The molecule has 2 aromatic carbocycles. The van der Waals surface area contributed by atoms with E-state index in [0.29, 0.717) is 17.3 Å². The highest BCUT2D eigenvalue weighted by Gasteiger charge is 2.24. The predicted molar refractivity (Wildman–Crippen MR) is 114 cm³/mol. The first kappa shape index (κ1) is 23.1. The van der Waals surface area contributed by atoms with E-state index in [1.807, 2.05) is 0 Å². The van der Waals surface area contributed by atoms with Crippen LogP contribution >= 0.6 is 0 Å². The Balaban J connectivity index is 1.52. The van der Waals surface area contributed by atoms with Gasteiger partial charge in [0.25, 0.3) is 0 Å². The average molecular weight is 460 g/mol. The van der Waals surface area contributed by atoms with Gasteiger partial charge in [0.1, 0.15) is 11.6 Å². The fourth-order valence-electron chi connectivity index (χ4n) is 3.84. The van der Waals surface area contributed by atoms with Crippen molar-refractivity contribution in [3.05, 3.63) is 59.4 Å².